The van der Waals surface area contributed by atoms with Crippen molar-refractivity contribution in [2.24, 2.45) is 0 Å². The van der Waals surface area contributed by atoms with Crippen molar-refractivity contribution in [3.63, 3.8) is 0 Å². The van der Waals surface area contributed by atoms with Gasteiger partial charge in [0.15, 0.2) is 0 Å². The number of thioether (sulfide) groups is 1. The molecule has 2 aliphatic heterocycles. The SMILES string of the molecule is N#Cc1nc(/C=C2\SC(=S)N(Cc3ccco3)C2=O)oc1N1CCCCC1. The van der Waals surface area contributed by atoms with Crippen molar-refractivity contribution >= 4 is 46.2 Å². The molecule has 2 aromatic rings. The molecule has 7 nitrogen and oxygen atoms in total. The van der Waals surface area contributed by atoms with Gasteiger partial charge in [-0.2, -0.15) is 10.2 Å². The summed E-state index contributed by atoms with van der Waals surface area (Å²) >= 11 is 6.50. The van der Waals surface area contributed by atoms with Crippen molar-refractivity contribution in [3.8, 4) is 6.07 Å². The molecular formula is C18H16N4O3S2. The van der Waals surface area contributed by atoms with Crippen LogP contribution in [0.4, 0.5) is 5.88 Å². The average Bonchev–Trinajstić information content (AvgIpc) is 3.40. The molecular weight excluding hydrogens is 384 g/mol. The van der Waals surface area contributed by atoms with Gasteiger partial charge >= 0.3 is 0 Å². The van der Waals surface area contributed by atoms with Gasteiger partial charge in [-0.1, -0.05) is 24.0 Å². The van der Waals surface area contributed by atoms with Gasteiger partial charge in [-0.25, -0.2) is 0 Å². The molecule has 2 fully saturated rings. The van der Waals surface area contributed by atoms with Gasteiger partial charge in [0.2, 0.25) is 17.5 Å². The summed E-state index contributed by atoms with van der Waals surface area (Å²) in [6.07, 6.45) is 6.41. The lowest BCUT2D eigenvalue weighted by atomic mass is 10.1. The van der Waals surface area contributed by atoms with Gasteiger partial charge in [-0.05, 0) is 31.4 Å². The number of hydrogen-bond donors (Lipinski definition) is 0. The maximum absolute atomic E-state index is 12.7. The molecule has 138 valence electrons. The predicted molar refractivity (Wildman–Crippen MR) is 105 cm³/mol. The Kier molecular flexibility index (Phi) is 5.01. The molecule has 0 unspecified atom stereocenters. The first-order valence-corrected chi connectivity index (χ1v) is 9.82. The zero-order valence-electron chi connectivity index (χ0n) is 14.4. The number of oxazole rings is 1. The molecule has 2 aromatic heterocycles. The first kappa shape index (κ1) is 17.8. The number of carbonyl (C=O) groups excluding carboxylic acids is 1. The summed E-state index contributed by atoms with van der Waals surface area (Å²) < 4.78 is 11.5. The number of aromatic nitrogens is 1. The third-order valence-electron chi connectivity index (χ3n) is 4.40. The van der Waals surface area contributed by atoms with Crippen LogP contribution in [0.5, 0.6) is 0 Å². The molecule has 1 amide bonds. The van der Waals surface area contributed by atoms with Crippen LogP contribution >= 0.6 is 24.0 Å². The van der Waals surface area contributed by atoms with Crippen LogP contribution < -0.4 is 4.90 Å². The Morgan fingerprint density at radius 3 is 2.89 bits per heavy atom. The number of nitriles is 1. The summed E-state index contributed by atoms with van der Waals surface area (Å²) in [5.74, 6) is 1.15. The van der Waals surface area contributed by atoms with Crippen molar-refractivity contribution in [1.82, 2.24) is 9.88 Å². The zero-order valence-corrected chi connectivity index (χ0v) is 16.0. The lowest BCUT2D eigenvalue weighted by Crippen LogP contribution is -2.29. The van der Waals surface area contributed by atoms with Crippen LogP contribution in [0.3, 0.4) is 0 Å². The zero-order chi connectivity index (χ0) is 18.8. The summed E-state index contributed by atoms with van der Waals surface area (Å²) in [7, 11) is 0. The van der Waals surface area contributed by atoms with E-state index >= 15 is 0 Å². The molecule has 27 heavy (non-hydrogen) atoms. The second-order valence-corrected chi connectivity index (χ2v) is 7.89. The Morgan fingerprint density at radius 2 is 2.19 bits per heavy atom. The molecule has 0 atom stereocenters. The van der Waals surface area contributed by atoms with Gasteiger partial charge in [0, 0.05) is 19.2 Å². The molecule has 0 spiro atoms. The van der Waals surface area contributed by atoms with Crippen LogP contribution in [-0.4, -0.2) is 33.2 Å². The molecule has 9 heteroatoms. The topological polar surface area (TPSA) is 86.5 Å². The van der Waals surface area contributed by atoms with Crippen LogP contribution in [0.2, 0.25) is 0 Å². The molecule has 4 heterocycles. The van der Waals surface area contributed by atoms with Crippen molar-refractivity contribution in [2.45, 2.75) is 25.8 Å². The van der Waals surface area contributed by atoms with Gasteiger partial charge in [0.25, 0.3) is 5.91 Å². The van der Waals surface area contributed by atoms with Gasteiger partial charge in [-0.3, -0.25) is 9.69 Å². The number of anilines is 1. The highest BCUT2D eigenvalue weighted by molar-refractivity contribution is 8.26. The number of carbonyl (C=O) groups is 1. The Balaban J connectivity index is 1.56. The van der Waals surface area contributed by atoms with E-state index in [1.165, 1.54) is 23.1 Å². The number of furan rings is 1. The number of nitrogens with zero attached hydrogens (tertiary/aromatic N) is 4. The normalized spacial score (nSPS) is 19.1. The standard InChI is InChI=1S/C18H16N4O3S2/c19-10-13-17(21-6-2-1-3-7-21)25-15(20-13)9-14-16(23)22(18(26)27-14)11-12-5-4-8-24-12/h4-5,8-9H,1-3,6-7,11H2/b14-9-. The maximum Gasteiger partial charge on any atom is 0.266 e. The van der Waals surface area contributed by atoms with Gasteiger partial charge in [0.05, 0.1) is 17.7 Å². The lowest BCUT2D eigenvalue weighted by molar-refractivity contribution is -0.122. The van der Waals surface area contributed by atoms with E-state index in [1.807, 2.05) is 4.90 Å². The van der Waals surface area contributed by atoms with Crippen LogP contribution in [0.1, 0.15) is 36.6 Å². The van der Waals surface area contributed by atoms with Crippen molar-refractivity contribution < 1.29 is 13.6 Å². The van der Waals surface area contributed by atoms with Crippen LogP contribution in [0.15, 0.2) is 32.1 Å². The summed E-state index contributed by atoms with van der Waals surface area (Å²) in [6.45, 7) is 1.96. The minimum absolute atomic E-state index is 0.224. The maximum atomic E-state index is 12.7. The molecule has 0 saturated carbocycles. The van der Waals surface area contributed by atoms with Crippen LogP contribution in [-0.2, 0) is 11.3 Å². The molecule has 0 aliphatic carbocycles. The Morgan fingerprint density at radius 1 is 1.37 bits per heavy atom. The van der Waals surface area contributed by atoms with Gasteiger partial charge in [0.1, 0.15) is 16.2 Å². The van der Waals surface area contributed by atoms with Crippen molar-refractivity contribution in [1.29, 1.82) is 5.26 Å². The lowest BCUT2D eigenvalue weighted by Gasteiger charge is -2.25. The Bertz CT molecular complexity index is 936. The Labute approximate surface area is 165 Å². The minimum atomic E-state index is -0.224. The molecule has 0 bridgehead atoms. The minimum Gasteiger partial charge on any atom is -0.467 e. The van der Waals surface area contributed by atoms with Gasteiger partial charge in [-0.15, -0.1) is 0 Å². The van der Waals surface area contributed by atoms with E-state index in [2.05, 4.69) is 11.1 Å². The number of hydrogen-bond acceptors (Lipinski definition) is 8. The van der Waals surface area contributed by atoms with Crippen LogP contribution in [0, 0.1) is 11.3 Å². The monoisotopic (exact) mass is 400 g/mol. The predicted octanol–water partition coefficient (Wildman–Crippen LogP) is 3.53. The van der Waals surface area contributed by atoms with Crippen LogP contribution in [0.25, 0.3) is 6.08 Å². The highest BCUT2D eigenvalue weighted by Crippen LogP contribution is 2.34. The molecule has 0 N–H and O–H groups in total. The highest BCUT2D eigenvalue weighted by atomic mass is 32.2. The van der Waals surface area contributed by atoms with E-state index in [1.54, 1.807) is 24.5 Å². The fourth-order valence-corrected chi connectivity index (χ4v) is 4.30. The first-order valence-electron chi connectivity index (χ1n) is 8.59. The van der Waals surface area contributed by atoms with E-state index in [4.69, 9.17) is 21.1 Å². The van der Waals surface area contributed by atoms with Gasteiger partial charge < -0.3 is 13.7 Å². The number of rotatable bonds is 4. The van der Waals surface area contributed by atoms with Crippen molar-refractivity contribution in [2.75, 3.05) is 18.0 Å². The van der Waals surface area contributed by atoms with E-state index in [0.29, 0.717) is 20.9 Å². The van der Waals surface area contributed by atoms with E-state index in [-0.39, 0.29) is 24.0 Å². The largest absolute Gasteiger partial charge is 0.467 e. The second kappa shape index (κ2) is 7.58. The second-order valence-electron chi connectivity index (χ2n) is 6.21. The average molecular weight is 400 g/mol. The smallest absolute Gasteiger partial charge is 0.266 e. The number of piperidine rings is 1. The molecule has 0 radical (unpaired) electrons. The van der Waals surface area contributed by atoms with E-state index < -0.39 is 0 Å². The number of amides is 1. The van der Waals surface area contributed by atoms with E-state index in [9.17, 15) is 10.1 Å². The quantitative estimate of drug-likeness (QED) is 0.569. The summed E-state index contributed by atoms with van der Waals surface area (Å²) in [5.41, 5.74) is 0.245. The Hall–Kier alpha value is -2.57. The third kappa shape index (κ3) is 3.63. The molecule has 2 aliphatic rings. The fourth-order valence-electron chi connectivity index (χ4n) is 3.08. The van der Waals surface area contributed by atoms with E-state index in [0.717, 1.165) is 25.9 Å². The molecule has 4 rings (SSSR count). The summed E-state index contributed by atoms with van der Waals surface area (Å²) in [5, 5.41) is 9.37. The summed E-state index contributed by atoms with van der Waals surface area (Å²) in [6, 6.07) is 5.64. The fraction of sp³-hybridized carbons (Fsp3) is 0.333. The first-order chi connectivity index (χ1) is 13.2. The highest BCUT2D eigenvalue weighted by Gasteiger charge is 2.33. The molecule has 0 aromatic carbocycles. The van der Waals surface area contributed by atoms with Crippen molar-refractivity contribution in [3.05, 3.63) is 40.6 Å². The number of thiocarbonyl (C=S) groups is 1. The summed E-state index contributed by atoms with van der Waals surface area (Å²) in [4.78, 5) is 20.8. The molecule has 2 saturated heterocycles. The third-order valence-corrected chi connectivity index (χ3v) is 5.77.